The fourth-order valence-corrected chi connectivity index (χ4v) is 4.04. The molecule has 0 saturated heterocycles. The molecule has 0 radical (unpaired) electrons. The Hall–Kier alpha value is -2.75. The molecule has 0 fully saturated rings. The van der Waals surface area contributed by atoms with E-state index < -0.39 is 0 Å². The minimum absolute atomic E-state index is 0.176. The summed E-state index contributed by atoms with van der Waals surface area (Å²) < 4.78 is 10.3. The number of methoxy groups -OCH3 is 2. The van der Waals surface area contributed by atoms with E-state index in [4.69, 9.17) is 9.47 Å². The summed E-state index contributed by atoms with van der Waals surface area (Å²) in [6.45, 7) is 0. The molecular weight excluding hydrogens is 314 g/mol. The monoisotopic (exact) mass is 335 g/mol. The maximum atomic E-state index is 11.7. The molecule has 2 aromatic carbocycles. The molecule has 4 nitrogen and oxygen atoms in total. The Morgan fingerprint density at radius 3 is 2.64 bits per heavy atom. The second-order valence-electron chi connectivity index (χ2n) is 6.51. The number of hydrogen-bond donors (Lipinski definition) is 1. The van der Waals surface area contributed by atoms with Gasteiger partial charge < -0.3 is 14.8 Å². The molecule has 128 valence electrons. The van der Waals surface area contributed by atoms with Crippen molar-refractivity contribution in [2.45, 2.75) is 18.4 Å². The molecular formula is C21H21NO3. The maximum absolute atomic E-state index is 11.7. The van der Waals surface area contributed by atoms with Crippen LogP contribution in [0.5, 0.6) is 5.75 Å². The Morgan fingerprint density at radius 2 is 1.92 bits per heavy atom. The Bertz CT molecular complexity index is 826. The largest absolute Gasteiger partial charge is 0.495 e. The van der Waals surface area contributed by atoms with Gasteiger partial charge in [0.2, 0.25) is 0 Å². The van der Waals surface area contributed by atoms with Gasteiger partial charge in [-0.3, -0.25) is 0 Å². The van der Waals surface area contributed by atoms with Gasteiger partial charge in [0, 0.05) is 5.92 Å². The summed E-state index contributed by atoms with van der Waals surface area (Å²) in [4.78, 5) is 11.7. The van der Waals surface area contributed by atoms with Crippen molar-refractivity contribution in [2.24, 2.45) is 5.92 Å². The number of carbonyl (C=O) groups is 1. The third kappa shape index (κ3) is 2.58. The molecule has 1 aliphatic carbocycles. The van der Waals surface area contributed by atoms with E-state index in [1.165, 1.54) is 18.2 Å². The smallest absolute Gasteiger partial charge is 0.337 e. The van der Waals surface area contributed by atoms with Gasteiger partial charge in [0.05, 0.1) is 31.5 Å². The number of anilines is 1. The Labute approximate surface area is 147 Å². The Balaban J connectivity index is 1.72. The lowest BCUT2D eigenvalue weighted by Crippen LogP contribution is -2.29. The van der Waals surface area contributed by atoms with Gasteiger partial charge in [0.15, 0.2) is 0 Å². The maximum Gasteiger partial charge on any atom is 0.337 e. The predicted octanol–water partition coefficient (Wildman–Crippen LogP) is 4.31. The number of hydrogen-bond acceptors (Lipinski definition) is 4. The van der Waals surface area contributed by atoms with Gasteiger partial charge in [-0.1, -0.05) is 36.4 Å². The predicted molar refractivity (Wildman–Crippen MR) is 97.1 cm³/mol. The highest BCUT2D eigenvalue weighted by molar-refractivity contribution is 5.89. The number of nitrogens with one attached hydrogen (secondary N) is 1. The van der Waals surface area contributed by atoms with Crippen LogP contribution in [0.4, 0.5) is 5.69 Å². The number of ether oxygens (including phenoxy) is 2. The van der Waals surface area contributed by atoms with Crippen LogP contribution in [0.25, 0.3) is 0 Å². The number of benzene rings is 2. The molecule has 1 aliphatic heterocycles. The fourth-order valence-electron chi connectivity index (χ4n) is 4.04. The zero-order valence-electron chi connectivity index (χ0n) is 14.4. The fraction of sp³-hybridized carbons (Fsp3) is 0.286. The summed E-state index contributed by atoms with van der Waals surface area (Å²) in [5, 5.41) is 3.69. The van der Waals surface area contributed by atoms with Crippen LogP contribution in [0, 0.1) is 5.92 Å². The van der Waals surface area contributed by atoms with Crippen LogP contribution in [0.1, 0.15) is 39.9 Å². The lowest BCUT2D eigenvalue weighted by atomic mass is 9.77. The van der Waals surface area contributed by atoms with E-state index >= 15 is 0 Å². The Kier molecular flexibility index (Phi) is 3.96. The van der Waals surface area contributed by atoms with Gasteiger partial charge in [-0.25, -0.2) is 4.79 Å². The van der Waals surface area contributed by atoms with Crippen molar-refractivity contribution in [2.75, 3.05) is 19.5 Å². The van der Waals surface area contributed by atoms with Crippen LogP contribution >= 0.6 is 0 Å². The highest BCUT2D eigenvalue weighted by atomic mass is 16.5. The SMILES string of the molecule is COC(=O)c1ccc([C@H]2Nc3c(OC)cccc3[C@H]3C=CC[C@@H]32)cc1. The molecule has 0 bridgehead atoms. The second kappa shape index (κ2) is 6.28. The summed E-state index contributed by atoms with van der Waals surface area (Å²) >= 11 is 0. The lowest BCUT2D eigenvalue weighted by Gasteiger charge is -2.38. The van der Waals surface area contributed by atoms with E-state index in [1.54, 1.807) is 7.11 Å². The number of fused-ring (bicyclic) bond motifs is 3. The number of rotatable bonds is 3. The van der Waals surface area contributed by atoms with E-state index in [1.807, 2.05) is 36.4 Å². The standard InChI is InChI=1S/C21H21NO3/c1-24-18-8-4-7-17-15-5-3-6-16(15)19(22-20(17)18)13-9-11-14(12-10-13)21(23)25-2/h3-5,7-12,15-16,19,22H,6H2,1-2H3/t15-,16-,19+/m0/s1. The zero-order valence-corrected chi connectivity index (χ0v) is 14.4. The average molecular weight is 335 g/mol. The first kappa shape index (κ1) is 15.8. The summed E-state index contributed by atoms with van der Waals surface area (Å²) in [7, 11) is 3.10. The normalized spacial score (nSPS) is 23.4. The first-order valence-corrected chi connectivity index (χ1v) is 8.51. The van der Waals surface area contributed by atoms with Crippen LogP contribution < -0.4 is 10.1 Å². The van der Waals surface area contributed by atoms with Crippen LogP contribution in [0.2, 0.25) is 0 Å². The topological polar surface area (TPSA) is 47.6 Å². The van der Waals surface area contributed by atoms with Gasteiger partial charge in [-0.15, -0.1) is 0 Å². The minimum Gasteiger partial charge on any atom is -0.495 e. The molecule has 0 aromatic heterocycles. The average Bonchev–Trinajstić information content (AvgIpc) is 3.16. The summed E-state index contributed by atoms with van der Waals surface area (Å²) in [5.74, 6) is 1.41. The van der Waals surface area contributed by atoms with Gasteiger partial charge in [-0.05, 0) is 41.7 Å². The third-order valence-corrected chi connectivity index (χ3v) is 5.27. The highest BCUT2D eigenvalue weighted by Gasteiger charge is 2.38. The molecule has 1 N–H and O–H groups in total. The highest BCUT2D eigenvalue weighted by Crippen LogP contribution is 2.52. The summed E-state index contributed by atoms with van der Waals surface area (Å²) in [6.07, 6.45) is 5.61. The van der Waals surface area contributed by atoms with Gasteiger partial charge in [0.1, 0.15) is 5.75 Å². The second-order valence-corrected chi connectivity index (χ2v) is 6.51. The van der Waals surface area contributed by atoms with E-state index in [0.717, 1.165) is 17.9 Å². The van der Waals surface area contributed by atoms with Crippen molar-refractivity contribution in [1.29, 1.82) is 0 Å². The van der Waals surface area contributed by atoms with Crippen molar-refractivity contribution in [3.05, 3.63) is 71.3 Å². The molecule has 0 unspecified atom stereocenters. The quantitative estimate of drug-likeness (QED) is 0.671. The molecule has 3 atom stereocenters. The molecule has 25 heavy (non-hydrogen) atoms. The van der Waals surface area contributed by atoms with Crippen LogP contribution in [0.15, 0.2) is 54.6 Å². The molecule has 0 saturated carbocycles. The Morgan fingerprint density at radius 1 is 1.12 bits per heavy atom. The molecule has 2 aliphatic rings. The molecule has 0 amide bonds. The first-order chi connectivity index (χ1) is 12.2. The lowest BCUT2D eigenvalue weighted by molar-refractivity contribution is 0.0600. The summed E-state index contributed by atoms with van der Waals surface area (Å²) in [6, 6.07) is 14.1. The van der Waals surface area contributed by atoms with Crippen molar-refractivity contribution in [3.63, 3.8) is 0 Å². The van der Waals surface area contributed by atoms with Gasteiger partial charge in [0.25, 0.3) is 0 Å². The van der Waals surface area contributed by atoms with Crippen molar-refractivity contribution < 1.29 is 14.3 Å². The van der Waals surface area contributed by atoms with E-state index in [-0.39, 0.29) is 12.0 Å². The van der Waals surface area contributed by atoms with Crippen molar-refractivity contribution >= 4 is 11.7 Å². The van der Waals surface area contributed by atoms with E-state index in [9.17, 15) is 4.79 Å². The van der Waals surface area contributed by atoms with Crippen LogP contribution in [-0.4, -0.2) is 20.2 Å². The van der Waals surface area contributed by atoms with Crippen molar-refractivity contribution in [1.82, 2.24) is 0 Å². The summed E-state index contributed by atoms with van der Waals surface area (Å²) in [5.41, 5.74) is 4.10. The molecule has 2 aromatic rings. The van der Waals surface area contributed by atoms with Crippen molar-refractivity contribution in [3.8, 4) is 5.75 Å². The van der Waals surface area contributed by atoms with Gasteiger partial charge in [-0.2, -0.15) is 0 Å². The van der Waals surface area contributed by atoms with Gasteiger partial charge >= 0.3 is 5.97 Å². The first-order valence-electron chi connectivity index (χ1n) is 8.51. The number of allylic oxidation sites excluding steroid dienone is 2. The zero-order chi connectivity index (χ0) is 17.4. The molecule has 1 heterocycles. The third-order valence-electron chi connectivity index (χ3n) is 5.27. The molecule has 0 spiro atoms. The number of carbonyl (C=O) groups excluding carboxylic acids is 1. The minimum atomic E-state index is -0.310. The van der Waals surface area contributed by atoms with Crippen LogP contribution in [0.3, 0.4) is 0 Å². The van der Waals surface area contributed by atoms with Crippen LogP contribution in [-0.2, 0) is 4.74 Å². The van der Waals surface area contributed by atoms with E-state index in [0.29, 0.717) is 17.4 Å². The molecule has 4 rings (SSSR count). The molecule has 4 heteroatoms. The van der Waals surface area contributed by atoms with E-state index in [2.05, 4.69) is 23.5 Å². The number of esters is 1. The number of para-hydroxylation sites is 1.